The fraction of sp³-hybridized carbons (Fsp3) is 0.808. The van der Waals surface area contributed by atoms with Crippen LogP contribution in [0.25, 0.3) is 0 Å². The summed E-state index contributed by atoms with van der Waals surface area (Å²) in [7, 11) is 0. The summed E-state index contributed by atoms with van der Waals surface area (Å²) in [6, 6.07) is 4.77. The molecule has 1 aromatic heterocycles. The van der Waals surface area contributed by atoms with E-state index in [1.807, 2.05) is 0 Å². The van der Waals surface area contributed by atoms with E-state index in [4.69, 9.17) is 4.98 Å². The molecule has 0 atom stereocenters. The first-order valence-corrected chi connectivity index (χ1v) is 12.3. The molecule has 1 rings (SSSR count). The number of aromatic nitrogens is 1. The van der Waals surface area contributed by atoms with E-state index < -0.39 is 0 Å². The van der Waals surface area contributed by atoms with Crippen LogP contribution in [0.3, 0.4) is 0 Å². The Hall–Kier alpha value is -0.850. The third-order valence-corrected chi connectivity index (χ3v) is 5.60. The SMILES string of the molecule is CCCCCCCCCc1cc(CCC)cc(CCCCCCCCC)n1. The molecule has 0 aliphatic carbocycles. The predicted octanol–water partition coefficient (Wildman–Crippen LogP) is 8.62. The molecule has 0 saturated carbocycles. The topological polar surface area (TPSA) is 12.9 Å². The van der Waals surface area contributed by atoms with Gasteiger partial charge in [-0.25, -0.2) is 0 Å². The lowest BCUT2D eigenvalue weighted by Crippen LogP contribution is -2.00. The van der Waals surface area contributed by atoms with Crippen molar-refractivity contribution in [1.82, 2.24) is 4.98 Å². The molecule has 1 aromatic rings. The van der Waals surface area contributed by atoms with Gasteiger partial charge in [0, 0.05) is 11.4 Å². The first kappa shape index (κ1) is 24.2. The smallest absolute Gasteiger partial charge is 0.0409 e. The van der Waals surface area contributed by atoms with Crippen LogP contribution in [0.5, 0.6) is 0 Å². The zero-order valence-electron chi connectivity index (χ0n) is 18.8. The molecule has 0 unspecified atom stereocenters. The van der Waals surface area contributed by atoms with Crippen molar-refractivity contribution in [2.24, 2.45) is 0 Å². The summed E-state index contributed by atoms with van der Waals surface area (Å²) in [6.45, 7) is 6.87. The molecule has 27 heavy (non-hydrogen) atoms. The zero-order valence-corrected chi connectivity index (χ0v) is 18.8. The molecule has 156 valence electrons. The molecular formula is C26H47N. The molecule has 0 N–H and O–H groups in total. The standard InChI is InChI=1S/C26H47N/c1-4-7-9-11-13-15-17-20-25-22-24(19-6-3)23-26(27-25)21-18-16-14-12-10-8-5-2/h22-23H,4-21H2,1-3H3. The average molecular weight is 374 g/mol. The Balaban J connectivity index is 2.34. The summed E-state index contributed by atoms with van der Waals surface area (Å²) in [5, 5.41) is 0. The van der Waals surface area contributed by atoms with Crippen LogP contribution < -0.4 is 0 Å². The quantitative estimate of drug-likeness (QED) is 0.235. The highest BCUT2D eigenvalue weighted by Gasteiger charge is 2.04. The maximum atomic E-state index is 5.01. The molecule has 1 heteroatoms. The van der Waals surface area contributed by atoms with Crippen LogP contribution in [-0.4, -0.2) is 4.98 Å². The van der Waals surface area contributed by atoms with Gasteiger partial charge in [-0.3, -0.25) is 4.98 Å². The highest BCUT2D eigenvalue weighted by atomic mass is 14.7. The summed E-state index contributed by atoms with van der Waals surface area (Å²) in [5.74, 6) is 0. The minimum atomic E-state index is 1.18. The van der Waals surface area contributed by atoms with E-state index in [9.17, 15) is 0 Å². The van der Waals surface area contributed by atoms with Crippen LogP contribution in [0.2, 0.25) is 0 Å². The van der Waals surface area contributed by atoms with E-state index in [2.05, 4.69) is 32.9 Å². The molecule has 0 bridgehead atoms. The average Bonchev–Trinajstić information content (AvgIpc) is 2.67. The molecule has 0 radical (unpaired) electrons. The van der Waals surface area contributed by atoms with Crippen LogP contribution in [0.1, 0.15) is 134 Å². The second-order valence-corrected chi connectivity index (χ2v) is 8.45. The maximum absolute atomic E-state index is 5.01. The Morgan fingerprint density at radius 2 is 0.889 bits per heavy atom. The fourth-order valence-electron chi connectivity index (χ4n) is 3.93. The van der Waals surface area contributed by atoms with Crippen LogP contribution >= 0.6 is 0 Å². The summed E-state index contributed by atoms with van der Waals surface area (Å²) in [4.78, 5) is 5.01. The van der Waals surface area contributed by atoms with Crippen molar-refractivity contribution in [3.8, 4) is 0 Å². The van der Waals surface area contributed by atoms with Gasteiger partial charge in [-0.15, -0.1) is 0 Å². The van der Waals surface area contributed by atoms with Crippen molar-refractivity contribution in [1.29, 1.82) is 0 Å². The van der Waals surface area contributed by atoms with Gasteiger partial charge < -0.3 is 0 Å². The maximum Gasteiger partial charge on any atom is 0.0409 e. The third-order valence-electron chi connectivity index (χ3n) is 5.60. The van der Waals surface area contributed by atoms with Crippen LogP contribution in [0, 0.1) is 0 Å². The first-order valence-electron chi connectivity index (χ1n) is 12.3. The number of aryl methyl sites for hydroxylation is 3. The van der Waals surface area contributed by atoms with E-state index >= 15 is 0 Å². The number of nitrogens with zero attached hydrogens (tertiary/aromatic N) is 1. The Labute approximate surface area is 170 Å². The van der Waals surface area contributed by atoms with E-state index in [0.29, 0.717) is 0 Å². The molecule has 0 aliphatic rings. The van der Waals surface area contributed by atoms with Gasteiger partial charge in [-0.1, -0.05) is 104 Å². The van der Waals surface area contributed by atoms with Gasteiger partial charge in [0.15, 0.2) is 0 Å². The number of unbranched alkanes of at least 4 members (excludes halogenated alkanes) is 12. The molecule has 0 amide bonds. The largest absolute Gasteiger partial charge is 0.258 e. The van der Waals surface area contributed by atoms with E-state index in [-0.39, 0.29) is 0 Å². The minimum Gasteiger partial charge on any atom is -0.258 e. The van der Waals surface area contributed by atoms with Crippen LogP contribution in [0.15, 0.2) is 12.1 Å². The molecule has 1 nitrogen and oxygen atoms in total. The molecule has 0 spiro atoms. The van der Waals surface area contributed by atoms with Crippen molar-refractivity contribution in [2.75, 3.05) is 0 Å². The van der Waals surface area contributed by atoms with E-state index in [1.165, 1.54) is 133 Å². The monoisotopic (exact) mass is 373 g/mol. The Morgan fingerprint density at radius 1 is 0.481 bits per heavy atom. The number of hydrogen-bond acceptors (Lipinski definition) is 1. The molecule has 0 aromatic carbocycles. The number of pyridine rings is 1. The lowest BCUT2D eigenvalue weighted by Gasteiger charge is -2.09. The lowest BCUT2D eigenvalue weighted by molar-refractivity contribution is 0.582. The van der Waals surface area contributed by atoms with Gasteiger partial charge in [0.25, 0.3) is 0 Å². The van der Waals surface area contributed by atoms with Gasteiger partial charge >= 0.3 is 0 Å². The third kappa shape index (κ3) is 13.0. The molecule has 1 heterocycles. The first-order chi connectivity index (χ1) is 13.3. The second-order valence-electron chi connectivity index (χ2n) is 8.45. The molecule has 0 fully saturated rings. The van der Waals surface area contributed by atoms with Gasteiger partial charge in [0.1, 0.15) is 0 Å². The molecular weight excluding hydrogens is 326 g/mol. The Bertz CT molecular complexity index is 415. The van der Waals surface area contributed by atoms with Crippen molar-refractivity contribution in [3.63, 3.8) is 0 Å². The Morgan fingerprint density at radius 3 is 1.30 bits per heavy atom. The van der Waals surface area contributed by atoms with Crippen molar-refractivity contribution >= 4 is 0 Å². The van der Waals surface area contributed by atoms with Gasteiger partial charge in [0.2, 0.25) is 0 Å². The van der Waals surface area contributed by atoms with Gasteiger partial charge in [-0.05, 0) is 49.8 Å². The number of rotatable bonds is 18. The minimum absolute atomic E-state index is 1.18. The van der Waals surface area contributed by atoms with Crippen molar-refractivity contribution in [3.05, 3.63) is 29.1 Å². The molecule has 0 aliphatic heterocycles. The molecule has 0 saturated heterocycles. The summed E-state index contributed by atoms with van der Waals surface area (Å²) >= 11 is 0. The predicted molar refractivity (Wildman–Crippen MR) is 122 cm³/mol. The normalized spacial score (nSPS) is 11.2. The number of hydrogen-bond donors (Lipinski definition) is 0. The second kappa shape index (κ2) is 17.3. The highest BCUT2D eigenvalue weighted by molar-refractivity contribution is 5.22. The highest BCUT2D eigenvalue weighted by Crippen LogP contribution is 2.16. The summed E-state index contributed by atoms with van der Waals surface area (Å²) in [5.41, 5.74) is 4.23. The zero-order chi connectivity index (χ0) is 19.6. The van der Waals surface area contributed by atoms with E-state index in [0.717, 1.165) is 0 Å². The van der Waals surface area contributed by atoms with Crippen LogP contribution in [0.4, 0.5) is 0 Å². The fourth-order valence-corrected chi connectivity index (χ4v) is 3.93. The van der Waals surface area contributed by atoms with Crippen molar-refractivity contribution in [2.45, 2.75) is 136 Å². The van der Waals surface area contributed by atoms with Gasteiger partial charge in [0.05, 0.1) is 0 Å². The van der Waals surface area contributed by atoms with Gasteiger partial charge in [-0.2, -0.15) is 0 Å². The van der Waals surface area contributed by atoms with Crippen LogP contribution in [-0.2, 0) is 19.3 Å². The van der Waals surface area contributed by atoms with Crippen molar-refractivity contribution < 1.29 is 0 Å². The Kier molecular flexibility index (Phi) is 15.5. The summed E-state index contributed by atoms with van der Waals surface area (Å²) < 4.78 is 0. The van der Waals surface area contributed by atoms with E-state index in [1.54, 1.807) is 0 Å². The summed E-state index contributed by atoms with van der Waals surface area (Å²) in [6.07, 6.45) is 24.1. The lowest BCUT2D eigenvalue weighted by atomic mass is 10.0.